The highest BCUT2D eigenvalue weighted by Gasteiger charge is 2.40. The zero-order valence-corrected chi connectivity index (χ0v) is 12.9. The molecule has 0 aliphatic heterocycles. The Morgan fingerprint density at radius 2 is 2.29 bits per heavy atom. The smallest absolute Gasteiger partial charge is 0.357 e. The highest BCUT2D eigenvalue weighted by molar-refractivity contribution is 7.14. The third-order valence-electron chi connectivity index (χ3n) is 4.57. The zero-order chi connectivity index (χ0) is 14.8. The van der Waals surface area contributed by atoms with Crippen LogP contribution in [0, 0.1) is 17.8 Å². The van der Waals surface area contributed by atoms with Crippen LogP contribution in [0.1, 0.15) is 49.5 Å². The average Bonchev–Trinajstić information content (AvgIpc) is 3.14. The molecule has 1 heterocycles. The quantitative estimate of drug-likeness (QED) is 0.849. The lowest BCUT2D eigenvalue weighted by Gasteiger charge is -2.20. The molecule has 0 radical (unpaired) electrons. The fraction of sp³-hybridized carbons (Fsp3) is 0.667. The molecule has 0 saturated heterocycles. The van der Waals surface area contributed by atoms with Gasteiger partial charge in [0.15, 0.2) is 10.8 Å². The molecule has 0 spiro atoms. The third-order valence-corrected chi connectivity index (χ3v) is 5.32. The van der Waals surface area contributed by atoms with Crippen LogP contribution in [0.4, 0.5) is 5.13 Å². The molecular weight excluding hydrogens is 288 g/mol. The van der Waals surface area contributed by atoms with Gasteiger partial charge < -0.3 is 10.1 Å². The van der Waals surface area contributed by atoms with Crippen molar-refractivity contribution in [3.05, 3.63) is 11.1 Å². The normalized spacial score (nSPS) is 26.8. The Bertz CT molecular complexity index is 543. The van der Waals surface area contributed by atoms with Crippen molar-refractivity contribution in [2.24, 2.45) is 17.8 Å². The number of ether oxygens (including phenoxy) is 1. The monoisotopic (exact) mass is 308 g/mol. The summed E-state index contributed by atoms with van der Waals surface area (Å²) in [6, 6.07) is 0. The molecule has 3 unspecified atom stereocenters. The number of hydrogen-bond donors (Lipinski definition) is 1. The predicted octanol–water partition coefficient (Wildman–Crippen LogP) is 3.08. The van der Waals surface area contributed by atoms with Crippen molar-refractivity contribution in [1.29, 1.82) is 0 Å². The number of carbonyl (C=O) groups excluding carboxylic acids is 2. The van der Waals surface area contributed by atoms with Crippen LogP contribution < -0.4 is 5.32 Å². The fourth-order valence-corrected chi connectivity index (χ4v) is 4.36. The van der Waals surface area contributed by atoms with Gasteiger partial charge in [0.1, 0.15) is 0 Å². The molecule has 2 aliphatic carbocycles. The van der Waals surface area contributed by atoms with Gasteiger partial charge in [-0.3, -0.25) is 4.79 Å². The van der Waals surface area contributed by atoms with Gasteiger partial charge in [0.2, 0.25) is 5.91 Å². The van der Waals surface area contributed by atoms with Crippen LogP contribution >= 0.6 is 11.3 Å². The molecule has 3 rings (SSSR count). The first-order valence-electron chi connectivity index (χ1n) is 7.58. The number of nitrogens with one attached hydrogen (secondary N) is 1. The maximum Gasteiger partial charge on any atom is 0.357 e. The number of nitrogens with zero attached hydrogens (tertiary/aromatic N) is 1. The van der Waals surface area contributed by atoms with E-state index in [1.165, 1.54) is 37.0 Å². The van der Waals surface area contributed by atoms with Gasteiger partial charge in [0.25, 0.3) is 0 Å². The molecular formula is C15H20N2O3S. The van der Waals surface area contributed by atoms with E-state index in [4.69, 9.17) is 4.74 Å². The van der Waals surface area contributed by atoms with Crippen molar-refractivity contribution in [3.63, 3.8) is 0 Å². The first-order chi connectivity index (χ1) is 10.2. The lowest BCUT2D eigenvalue weighted by Crippen LogP contribution is -2.20. The van der Waals surface area contributed by atoms with Gasteiger partial charge in [-0.2, -0.15) is 0 Å². The van der Waals surface area contributed by atoms with Gasteiger partial charge in [0, 0.05) is 11.8 Å². The van der Waals surface area contributed by atoms with Crippen molar-refractivity contribution in [2.45, 2.75) is 39.0 Å². The minimum Gasteiger partial charge on any atom is -0.461 e. The number of thiazole rings is 1. The number of fused-ring (bicyclic) bond motifs is 2. The van der Waals surface area contributed by atoms with E-state index in [1.54, 1.807) is 12.3 Å². The molecule has 2 fully saturated rings. The molecule has 1 aromatic rings. The third kappa shape index (κ3) is 3.26. The average molecular weight is 308 g/mol. The zero-order valence-electron chi connectivity index (χ0n) is 12.1. The van der Waals surface area contributed by atoms with E-state index >= 15 is 0 Å². The Hall–Kier alpha value is -1.43. The molecule has 0 aromatic carbocycles. The van der Waals surface area contributed by atoms with Crippen LogP contribution in [0.5, 0.6) is 0 Å². The molecule has 114 valence electrons. The van der Waals surface area contributed by atoms with Crippen molar-refractivity contribution in [1.82, 2.24) is 4.98 Å². The lowest BCUT2D eigenvalue weighted by atomic mass is 9.86. The van der Waals surface area contributed by atoms with E-state index in [0.717, 1.165) is 11.8 Å². The Kier molecular flexibility index (Phi) is 4.24. The van der Waals surface area contributed by atoms with Crippen molar-refractivity contribution in [2.75, 3.05) is 11.9 Å². The summed E-state index contributed by atoms with van der Waals surface area (Å²) >= 11 is 1.26. The highest BCUT2D eigenvalue weighted by atomic mass is 32.1. The standard InChI is InChI=1S/C15H20N2O3S/c1-2-20-14(19)12-8-21-15(16-12)17-13(18)7-11-6-9-3-4-10(11)5-9/h8-11H,2-7H2,1H3,(H,16,17,18). The summed E-state index contributed by atoms with van der Waals surface area (Å²) < 4.78 is 4.88. The van der Waals surface area contributed by atoms with E-state index in [9.17, 15) is 9.59 Å². The number of carbonyl (C=O) groups is 2. The summed E-state index contributed by atoms with van der Waals surface area (Å²) in [4.78, 5) is 27.7. The SMILES string of the molecule is CCOC(=O)c1csc(NC(=O)CC2CC3CCC2C3)n1. The molecule has 1 amide bonds. The highest BCUT2D eigenvalue weighted by Crippen LogP contribution is 2.49. The Balaban J connectivity index is 1.52. The number of amides is 1. The molecule has 2 saturated carbocycles. The molecule has 1 N–H and O–H groups in total. The van der Waals surface area contributed by atoms with Crippen molar-refractivity contribution >= 4 is 28.3 Å². The molecule has 1 aromatic heterocycles. The number of anilines is 1. The summed E-state index contributed by atoms with van der Waals surface area (Å²) in [6.07, 6.45) is 5.72. The van der Waals surface area contributed by atoms with Crippen LogP contribution in [-0.2, 0) is 9.53 Å². The molecule has 6 heteroatoms. The summed E-state index contributed by atoms with van der Waals surface area (Å²) in [5, 5.41) is 4.90. The number of aromatic nitrogens is 1. The van der Waals surface area contributed by atoms with Crippen LogP contribution in [0.15, 0.2) is 5.38 Å². The van der Waals surface area contributed by atoms with E-state index in [1.807, 2.05) is 0 Å². The molecule has 21 heavy (non-hydrogen) atoms. The number of hydrogen-bond acceptors (Lipinski definition) is 5. The second kappa shape index (κ2) is 6.13. The Morgan fingerprint density at radius 3 is 2.95 bits per heavy atom. The van der Waals surface area contributed by atoms with E-state index in [0.29, 0.717) is 24.1 Å². The van der Waals surface area contributed by atoms with Gasteiger partial charge in [-0.05, 0) is 43.9 Å². The minimum absolute atomic E-state index is 0.0114. The van der Waals surface area contributed by atoms with E-state index in [2.05, 4.69) is 10.3 Å². The minimum atomic E-state index is -0.442. The van der Waals surface area contributed by atoms with Crippen molar-refractivity contribution < 1.29 is 14.3 Å². The van der Waals surface area contributed by atoms with E-state index < -0.39 is 5.97 Å². The maximum atomic E-state index is 12.1. The van der Waals surface area contributed by atoms with Gasteiger partial charge in [0.05, 0.1) is 6.61 Å². The number of esters is 1. The second-order valence-corrected chi connectivity index (χ2v) is 6.80. The first kappa shape index (κ1) is 14.5. The molecule has 5 nitrogen and oxygen atoms in total. The molecule has 3 atom stereocenters. The van der Waals surface area contributed by atoms with Gasteiger partial charge in [-0.1, -0.05) is 6.42 Å². The Morgan fingerprint density at radius 1 is 1.43 bits per heavy atom. The predicted molar refractivity (Wildman–Crippen MR) is 80.3 cm³/mol. The molecule has 2 bridgehead atoms. The Labute approximate surface area is 128 Å². The van der Waals surface area contributed by atoms with Crippen LogP contribution in [-0.4, -0.2) is 23.5 Å². The fourth-order valence-electron chi connectivity index (χ4n) is 3.66. The largest absolute Gasteiger partial charge is 0.461 e. The van der Waals surface area contributed by atoms with Gasteiger partial charge in [-0.25, -0.2) is 9.78 Å². The summed E-state index contributed by atoms with van der Waals surface area (Å²) in [5.41, 5.74) is 0.261. The summed E-state index contributed by atoms with van der Waals surface area (Å²) in [6.45, 7) is 2.07. The summed E-state index contributed by atoms with van der Waals surface area (Å²) in [5.74, 6) is 1.70. The van der Waals surface area contributed by atoms with Gasteiger partial charge in [-0.15, -0.1) is 11.3 Å². The first-order valence-corrected chi connectivity index (χ1v) is 8.46. The van der Waals surface area contributed by atoms with Crippen molar-refractivity contribution in [3.8, 4) is 0 Å². The second-order valence-electron chi connectivity index (χ2n) is 5.95. The van der Waals surface area contributed by atoms with E-state index in [-0.39, 0.29) is 11.6 Å². The number of rotatable bonds is 5. The van der Waals surface area contributed by atoms with Gasteiger partial charge >= 0.3 is 5.97 Å². The summed E-state index contributed by atoms with van der Waals surface area (Å²) in [7, 11) is 0. The topological polar surface area (TPSA) is 68.3 Å². The maximum absolute atomic E-state index is 12.1. The van der Waals surface area contributed by atoms with Crippen LogP contribution in [0.2, 0.25) is 0 Å². The lowest BCUT2D eigenvalue weighted by molar-refractivity contribution is -0.117. The molecule has 2 aliphatic rings. The van der Waals surface area contributed by atoms with Crippen LogP contribution in [0.25, 0.3) is 0 Å². The van der Waals surface area contributed by atoms with Crippen LogP contribution in [0.3, 0.4) is 0 Å².